The standard InChI is InChI=1S/C22H24N2O4S2/c1-15-11-20(12-16(2)22(15)28-3)30(26,27)24-18-8-6-17(7-9-18)13-21(25)23-14-19-5-4-10-29-19/h4-12,24H,13-14H2,1-3H3,(H,23,25). The van der Waals surface area contributed by atoms with Crippen LogP contribution in [0.15, 0.2) is 58.8 Å². The topological polar surface area (TPSA) is 84.5 Å². The highest BCUT2D eigenvalue weighted by Crippen LogP contribution is 2.27. The van der Waals surface area contributed by atoms with Gasteiger partial charge in [0.1, 0.15) is 5.75 Å². The number of ether oxygens (including phenoxy) is 1. The Morgan fingerprint density at radius 2 is 1.73 bits per heavy atom. The second-order valence-electron chi connectivity index (χ2n) is 6.93. The maximum absolute atomic E-state index is 12.8. The van der Waals surface area contributed by atoms with Gasteiger partial charge in [-0.1, -0.05) is 18.2 Å². The quantitative estimate of drug-likeness (QED) is 0.549. The molecule has 1 heterocycles. The molecule has 0 fully saturated rings. The SMILES string of the molecule is COc1c(C)cc(S(=O)(=O)Nc2ccc(CC(=O)NCc3cccs3)cc2)cc1C. The van der Waals surface area contributed by atoms with Crippen LogP contribution in [0.3, 0.4) is 0 Å². The number of rotatable bonds is 8. The highest BCUT2D eigenvalue weighted by molar-refractivity contribution is 7.92. The van der Waals surface area contributed by atoms with Gasteiger partial charge in [-0.25, -0.2) is 8.42 Å². The van der Waals surface area contributed by atoms with Crippen molar-refractivity contribution in [3.63, 3.8) is 0 Å². The first-order chi connectivity index (χ1) is 14.3. The first-order valence-electron chi connectivity index (χ1n) is 9.34. The molecular weight excluding hydrogens is 420 g/mol. The van der Waals surface area contributed by atoms with Gasteiger partial charge in [0.25, 0.3) is 10.0 Å². The lowest BCUT2D eigenvalue weighted by atomic mass is 10.1. The van der Waals surface area contributed by atoms with Crippen molar-refractivity contribution in [3.05, 3.63) is 75.5 Å². The number of methoxy groups -OCH3 is 1. The minimum Gasteiger partial charge on any atom is -0.496 e. The average molecular weight is 445 g/mol. The Balaban J connectivity index is 1.64. The lowest BCUT2D eigenvalue weighted by molar-refractivity contribution is -0.120. The number of carbonyl (C=O) groups excluding carboxylic acids is 1. The molecule has 1 amide bonds. The van der Waals surface area contributed by atoms with Crippen LogP contribution in [0.2, 0.25) is 0 Å². The third kappa shape index (κ3) is 5.40. The molecule has 8 heteroatoms. The van der Waals surface area contributed by atoms with Gasteiger partial charge in [-0.2, -0.15) is 0 Å². The maximum atomic E-state index is 12.8. The molecule has 0 saturated carbocycles. The van der Waals surface area contributed by atoms with Crippen LogP contribution < -0.4 is 14.8 Å². The molecule has 6 nitrogen and oxygen atoms in total. The Hall–Kier alpha value is -2.84. The Labute approximate surface area is 181 Å². The first-order valence-corrected chi connectivity index (χ1v) is 11.7. The summed E-state index contributed by atoms with van der Waals surface area (Å²) in [5, 5.41) is 4.85. The molecular formula is C22H24N2O4S2. The van der Waals surface area contributed by atoms with Crippen molar-refractivity contribution >= 4 is 33.0 Å². The normalized spacial score (nSPS) is 11.2. The van der Waals surface area contributed by atoms with Crippen molar-refractivity contribution in [2.75, 3.05) is 11.8 Å². The zero-order valence-corrected chi connectivity index (χ0v) is 18.7. The van der Waals surface area contributed by atoms with E-state index >= 15 is 0 Å². The van der Waals surface area contributed by atoms with E-state index in [1.807, 2.05) is 31.4 Å². The smallest absolute Gasteiger partial charge is 0.261 e. The fourth-order valence-electron chi connectivity index (χ4n) is 3.14. The van der Waals surface area contributed by atoms with Crippen LogP contribution in [-0.4, -0.2) is 21.4 Å². The van der Waals surface area contributed by atoms with Gasteiger partial charge in [-0.3, -0.25) is 9.52 Å². The minimum absolute atomic E-state index is 0.0825. The number of amides is 1. The molecule has 0 radical (unpaired) electrons. The van der Waals surface area contributed by atoms with E-state index in [2.05, 4.69) is 10.0 Å². The third-order valence-corrected chi connectivity index (χ3v) is 6.80. The molecule has 30 heavy (non-hydrogen) atoms. The summed E-state index contributed by atoms with van der Waals surface area (Å²) in [6, 6.07) is 13.9. The van der Waals surface area contributed by atoms with Gasteiger partial charge in [0.05, 0.1) is 25.0 Å². The van der Waals surface area contributed by atoms with E-state index in [-0.39, 0.29) is 17.2 Å². The molecule has 158 valence electrons. The summed E-state index contributed by atoms with van der Waals surface area (Å²) >= 11 is 1.59. The highest BCUT2D eigenvalue weighted by Gasteiger charge is 2.17. The summed E-state index contributed by atoms with van der Waals surface area (Å²) in [4.78, 5) is 13.4. The van der Waals surface area contributed by atoms with Crippen molar-refractivity contribution in [3.8, 4) is 5.75 Å². The monoisotopic (exact) mass is 444 g/mol. The summed E-state index contributed by atoms with van der Waals surface area (Å²) in [5.41, 5.74) is 2.74. The Bertz CT molecular complexity index is 1100. The summed E-state index contributed by atoms with van der Waals surface area (Å²) < 4.78 is 33.4. The fourth-order valence-corrected chi connectivity index (χ4v) is 5.01. The molecule has 0 aliphatic heterocycles. The van der Waals surface area contributed by atoms with Gasteiger partial charge in [-0.15, -0.1) is 11.3 Å². The lowest BCUT2D eigenvalue weighted by Crippen LogP contribution is -2.24. The van der Waals surface area contributed by atoms with E-state index < -0.39 is 10.0 Å². The molecule has 3 rings (SSSR count). The zero-order valence-electron chi connectivity index (χ0n) is 17.1. The van der Waals surface area contributed by atoms with Crippen molar-refractivity contribution < 1.29 is 17.9 Å². The van der Waals surface area contributed by atoms with Gasteiger partial charge < -0.3 is 10.1 Å². The summed E-state index contributed by atoms with van der Waals surface area (Å²) in [7, 11) is -2.18. The van der Waals surface area contributed by atoms with Gasteiger partial charge >= 0.3 is 0 Å². The predicted molar refractivity (Wildman–Crippen MR) is 120 cm³/mol. The molecule has 2 N–H and O–H groups in total. The molecule has 0 spiro atoms. The van der Waals surface area contributed by atoms with E-state index in [0.717, 1.165) is 21.6 Å². The second-order valence-corrected chi connectivity index (χ2v) is 9.64. The summed E-state index contributed by atoms with van der Waals surface area (Å²) in [6.07, 6.45) is 0.231. The van der Waals surface area contributed by atoms with E-state index in [1.54, 1.807) is 54.8 Å². The van der Waals surface area contributed by atoms with Crippen molar-refractivity contribution in [2.45, 2.75) is 31.7 Å². The zero-order chi connectivity index (χ0) is 21.7. The number of nitrogens with one attached hydrogen (secondary N) is 2. The first kappa shape index (κ1) is 21.9. The number of sulfonamides is 1. The molecule has 0 aliphatic rings. The number of hydrogen-bond acceptors (Lipinski definition) is 5. The van der Waals surface area contributed by atoms with E-state index in [1.165, 1.54) is 0 Å². The van der Waals surface area contributed by atoms with Gasteiger partial charge in [0.2, 0.25) is 5.91 Å². The number of hydrogen-bond donors (Lipinski definition) is 2. The van der Waals surface area contributed by atoms with Gasteiger partial charge in [0.15, 0.2) is 0 Å². The molecule has 0 saturated heterocycles. The van der Waals surface area contributed by atoms with E-state index in [9.17, 15) is 13.2 Å². The number of aryl methyl sites for hydroxylation is 2. The Morgan fingerprint density at radius 3 is 2.30 bits per heavy atom. The van der Waals surface area contributed by atoms with E-state index in [4.69, 9.17) is 4.74 Å². The van der Waals surface area contributed by atoms with Gasteiger partial charge in [0, 0.05) is 10.6 Å². The third-order valence-electron chi connectivity index (χ3n) is 4.56. The molecule has 3 aromatic rings. The molecule has 2 aromatic carbocycles. The van der Waals surface area contributed by atoms with Crippen LogP contribution in [0.5, 0.6) is 5.75 Å². The van der Waals surface area contributed by atoms with Crippen LogP contribution in [-0.2, 0) is 27.8 Å². The largest absolute Gasteiger partial charge is 0.496 e. The van der Waals surface area contributed by atoms with Crippen LogP contribution in [0.1, 0.15) is 21.6 Å². The summed E-state index contributed by atoms with van der Waals surface area (Å²) in [5.74, 6) is 0.594. The van der Waals surface area contributed by atoms with Crippen LogP contribution >= 0.6 is 11.3 Å². The summed E-state index contributed by atoms with van der Waals surface area (Å²) in [6.45, 7) is 4.13. The number of carbonyl (C=O) groups is 1. The second kappa shape index (κ2) is 9.32. The predicted octanol–water partition coefficient (Wildman–Crippen LogP) is 4.03. The molecule has 1 aromatic heterocycles. The van der Waals surface area contributed by atoms with Crippen LogP contribution in [0.25, 0.3) is 0 Å². The Morgan fingerprint density at radius 1 is 1.07 bits per heavy atom. The Kier molecular flexibility index (Phi) is 6.79. The number of anilines is 1. The molecule has 0 aliphatic carbocycles. The van der Waals surface area contributed by atoms with Gasteiger partial charge in [-0.05, 0) is 66.2 Å². The highest BCUT2D eigenvalue weighted by atomic mass is 32.2. The van der Waals surface area contributed by atoms with Crippen molar-refractivity contribution in [1.82, 2.24) is 5.32 Å². The molecule has 0 bridgehead atoms. The molecule has 0 unspecified atom stereocenters. The maximum Gasteiger partial charge on any atom is 0.261 e. The number of benzene rings is 2. The van der Waals surface area contributed by atoms with Crippen molar-refractivity contribution in [2.24, 2.45) is 0 Å². The van der Waals surface area contributed by atoms with Crippen LogP contribution in [0, 0.1) is 13.8 Å². The van der Waals surface area contributed by atoms with Crippen LogP contribution in [0.4, 0.5) is 5.69 Å². The fraction of sp³-hybridized carbons (Fsp3) is 0.227. The lowest BCUT2D eigenvalue weighted by Gasteiger charge is -2.13. The minimum atomic E-state index is -3.74. The molecule has 0 atom stereocenters. The van der Waals surface area contributed by atoms with E-state index in [0.29, 0.717) is 18.0 Å². The average Bonchev–Trinajstić information content (AvgIpc) is 3.21. The van der Waals surface area contributed by atoms with Crippen molar-refractivity contribution in [1.29, 1.82) is 0 Å². The number of thiophene rings is 1.